The van der Waals surface area contributed by atoms with Gasteiger partial charge in [-0.05, 0) is 58.0 Å². The maximum Gasteiger partial charge on any atom is 0.164 e. The SMILES string of the molecule is CC1(C)c2ccccc2-c2ccc(-c3nc(-c4ccccc4)nc(-c4cc5ccccc5c5oc6c(-n7c8ccccc8c8ccccc87)cccc6c45)n3)cc21. The summed E-state index contributed by atoms with van der Waals surface area (Å²) < 4.78 is 9.46. The first-order valence-corrected chi connectivity index (χ1v) is 19.5. The van der Waals surface area contributed by atoms with Crippen LogP contribution in [-0.4, -0.2) is 19.5 Å². The summed E-state index contributed by atoms with van der Waals surface area (Å²) in [7, 11) is 0. The Bertz CT molecular complexity index is 3390. The minimum absolute atomic E-state index is 0.158. The summed E-state index contributed by atoms with van der Waals surface area (Å²) in [6.07, 6.45) is 0. The molecular formula is C52H34N4O. The molecule has 3 aromatic heterocycles. The van der Waals surface area contributed by atoms with E-state index in [1.807, 2.05) is 18.2 Å². The second-order valence-corrected chi connectivity index (χ2v) is 15.6. The molecule has 0 atom stereocenters. The number of nitrogens with zero attached hydrogens (tertiary/aromatic N) is 4. The first kappa shape index (κ1) is 31.9. The normalized spacial score (nSPS) is 13.2. The lowest BCUT2D eigenvalue weighted by Gasteiger charge is -2.21. The van der Waals surface area contributed by atoms with E-state index in [1.54, 1.807) is 0 Å². The molecular weight excluding hydrogens is 697 g/mol. The van der Waals surface area contributed by atoms with Crippen LogP contribution in [0.4, 0.5) is 0 Å². The molecule has 1 aliphatic carbocycles. The minimum Gasteiger partial charge on any atom is -0.453 e. The molecule has 0 aliphatic heterocycles. The molecule has 0 radical (unpaired) electrons. The molecule has 8 aromatic carbocycles. The Morgan fingerprint density at radius 3 is 1.84 bits per heavy atom. The van der Waals surface area contributed by atoms with Gasteiger partial charge in [0.2, 0.25) is 0 Å². The Kier molecular flexibility index (Phi) is 6.62. The summed E-state index contributed by atoms with van der Waals surface area (Å²) in [6.45, 7) is 4.61. The van der Waals surface area contributed by atoms with Crippen molar-refractivity contribution >= 4 is 54.5 Å². The second-order valence-electron chi connectivity index (χ2n) is 15.6. The summed E-state index contributed by atoms with van der Waals surface area (Å²) in [5.41, 5.74) is 12.7. The van der Waals surface area contributed by atoms with Gasteiger partial charge in [-0.1, -0.05) is 153 Å². The summed E-state index contributed by atoms with van der Waals surface area (Å²) in [4.78, 5) is 15.8. The van der Waals surface area contributed by atoms with Crippen LogP contribution < -0.4 is 0 Å². The molecule has 11 aromatic rings. The van der Waals surface area contributed by atoms with Crippen LogP contribution in [0.3, 0.4) is 0 Å². The zero-order chi connectivity index (χ0) is 37.8. The number of para-hydroxylation sites is 3. The van der Waals surface area contributed by atoms with E-state index in [0.29, 0.717) is 17.5 Å². The van der Waals surface area contributed by atoms with Gasteiger partial charge in [0.1, 0.15) is 5.58 Å². The fourth-order valence-corrected chi connectivity index (χ4v) is 9.34. The van der Waals surface area contributed by atoms with E-state index in [9.17, 15) is 0 Å². The van der Waals surface area contributed by atoms with Crippen LogP contribution in [0.1, 0.15) is 25.0 Å². The lowest BCUT2D eigenvalue weighted by Crippen LogP contribution is -2.15. The standard InChI is InChI=1S/C52H34N4O/c1-52(2)41-23-11-8-19-35(41)36-28-27-33(30-42(36)52)50-53-49(31-15-4-3-5-16-31)54-51(55-50)40-29-32-17-6-7-18-34(32)48-46(40)39-22-14-26-45(47(39)57-48)56-43-24-12-9-20-37(43)38-21-10-13-25-44(38)56/h3-30H,1-2H3. The minimum atomic E-state index is -0.158. The van der Waals surface area contributed by atoms with Gasteiger partial charge in [-0.2, -0.15) is 0 Å². The number of fused-ring (bicyclic) bond motifs is 11. The van der Waals surface area contributed by atoms with Crippen molar-refractivity contribution in [3.8, 4) is 51.0 Å². The van der Waals surface area contributed by atoms with E-state index < -0.39 is 0 Å². The molecule has 0 saturated carbocycles. The number of aromatic nitrogens is 4. The van der Waals surface area contributed by atoms with Gasteiger partial charge in [0, 0.05) is 49.0 Å². The van der Waals surface area contributed by atoms with Crippen LogP contribution in [0.2, 0.25) is 0 Å². The summed E-state index contributed by atoms with van der Waals surface area (Å²) >= 11 is 0. The molecule has 57 heavy (non-hydrogen) atoms. The molecule has 3 heterocycles. The van der Waals surface area contributed by atoms with Crippen molar-refractivity contribution in [1.29, 1.82) is 0 Å². The molecule has 0 unspecified atom stereocenters. The third kappa shape index (κ3) is 4.60. The van der Waals surface area contributed by atoms with Crippen LogP contribution in [0.15, 0.2) is 174 Å². The monoisotopic (exact) mass is 730 g/mol. The maximum atomic E-state index is 7.12. The third-order valence-corrected chi connectivity index (χ3v) is 12.0. The van der Waals surface area contributed by atoms with Crippen molar-refractivity contribution in [1.82, 2.24) is 19.5 Å². The summed E-state index contributed by atoms with van der Waals surface area (Å²) in [6, 6.07) is 59.9. The third-order valence-electron chi connectivity index (χ3n) is 12.0. The average Bonchev–Trinajstić information content (AvgIpc) is 3.90. The Morgan fingerprint density at radius 1 is 0.439 bits per heavy atom. The molecule has 1 aliphatic rings. The summed E-state index contributed by atoms with van der Waals surface area (Å²) in [5.74, 6) is 1.86. The number of rotatable bonds is 4. The maximum absolute atomic E-state index is 7.12. The van der Waals surface area contributed by atoms with E-state index in [0.717, 1.165) is 66.1 Å². The van der Waals surface area contributed by atoms with E-state index in [4.69, 9.17) is 19.4 Å². The van der Waals surface area contributed by atoms with Crippen molar-refractivity contribution in [2.75, 3.05) is 0 Å². The number of benzene rings is 8. The van der Waals surface area contributed by atoms with Crippen LogP contribution in [0.25, 0.3) is 105 Å². The van der Waals surface area contributed by atoms with Gasteiger partial charge in [0.05, 0.1) is 16.7 Å². The van der Waals surface area contributed by atoms with Crippen molar-refractivity contribution in [2.24, 2.45) is 0 Å². The van der Waals surface area contributed by atoms with Crippen LogP contribution >= 0.6 is 0 Å². The zero-order valence-electron chi connectivity index (χ0n) is 31.4. The molecule has 5 nitrogen and oxygen atoms in total. The second kappa shape index (κ2) is 11.8. The highest BCUT2D eigenvalue weighted by atomic mass is 16.3. The number of hydrogen-bond donors (Lipinski definition) is 0. The number of furan rings is 1. The summed E-state index contributed by atoms with van der Waals surface area (Å²) in [5, 5.41) is 6.49. The predicted octanol–water partition coefficient (Wildman–Crippen LogP) is 13.3. The highest BCUT2D eigenvalue weighted by Crippen LogP contribution is 2.50. The van der Waals surface area contributed by atoms with Gasteiger partial charge in [0.15, 0.2) is 23.1 Å². The topological polar surface area (TPSA) is 56.7 Å². The first-order chi connectivity index (χ1) is 28.0. The molecule has 0 bridgehead atoms. The molecule has 268 valence electrons. The molecule has 0 N–H and O–H groups in total. The first-order valence-electron chi connectivity index (χ1n) is 19.5. The van der Waals surface area contributed by atoms with Gasteiger partial charge in [-0.25, -0.2) is 15.0 Å². The smallest absolute Gasteiger partial charge is 0.164 e. The van der Waals surface area contributed by atoms with Crippen LogP contribution in [0.5, 0.6) is 0 Å². The van der Waals surface area contributed by atoms with Gasteiger partial charge in [-0.3, -0.25) is 0 Å². The van der Waals surface area contributed by atoms with E-state index in [-0.39, 0.29) is 5.41 Å². The molecule has 0 saturated heterocycles. The molecule has 0 spiro atoms. The lowest BCUT2D eigenvalue weighted by atomic mass is 9.82. The fourth-order valence-electron chi connectivity index (χ4n) is 9.34. The van der Waals surface area contributed by atoms with Crippen molar-refractivity contribution < 1.29 is 4.42 Å². The molecule has 12 rings (SSSR count). The Balaban J connectivity index is 1.14. The van der Waals surface area contributed by atoms with E-state index in [1.165, 1.54) is 33.0 Å². The van der Waals surface area contributed by atoms with Crippen molar-refractivity contribution in [3.05, 3.63) is 181 Å². The Morgan fingerprint density at radius 2 is 1.05 bits per heavy atom. The highest BCUT2D eigenvalue weighted by Gasteiger charge is 2.35. The van der Waals surface area contributed by atoms with E-state index >= 15 is 0 Å². The van der Waals surface area contributed by atoms with Gasteiger partial charge >= 0.3 is 0 Å². The quantitative estimate of drug-likeness (QED) is 0.181. The van der Waals surface area contributed by atoms with Crippen LogP contribution in [0, 0.1) is 0 Å². The Labute approximate surface area is 328 Å². The van der Waals surface area contributed by atoms with Crippen molar-refractivity contribution in [2.45, 2.75) is 19.3 Å². The van der Waals surface area contributed by atoms with Gasteiger partial charge in [-0.15, -0.1) is 0 Å². The Hall–Kier alpha value is -7.37. The van der Waals surface area contributed by atoms with Gasteiger partial charge in [0.25, 0.3) is 0 Å². The number of hydrogen-bond acceptors (Lipinski definition) is 4. The largest absolute Gasteiger partial charge is 0.453 e. The highest BCUT2D eigenvalue weighted by molar-refractivity contribution is 6.22. The van der Waals surface area contributed by atoms with Crippen molar-refractivity contribution in [3.63, 3.8) is 0 Å². The average molecular weight is 731 g/mol. The zero-order valence-corrected chi connectivity index (χ0v) is 31.4. The fraction of sp³-hybridized carbons (Fsp3) is 0.0577. The van der Waals surface area contributed by atoms with E-state index in [2.05, 4.69) is 170 Å². The van der Waals surface area contributed by atoms with Gasteiger partial charge < -0.3 is 8.98 Å². The van der Waals surface area contributed by atoms with Crippen LogP contribution in [-0.2, 0) is 5.41 Å². The predicted molar refractivity (Wildman–Crippen MR) is 233 cm³/mol. The molecule has 5 heteroatoms. The molecule has 0 fully saturated rings. The lowest BCUT2D eigenvalue weighted by molar-refractivity contribution is 0.660. The molecule has 0 amide bonds.